The van der Waals surface area contributed by atoms with Crippen LogP contribution in [0, 0.1) is 0 Å². The fourth-order valence-electron chi connectivity index (χ4n) is 1.84. The number of amidine groups is 1. The van der Waals surface area contributed by atoms with Gasteiger partial charge < -0.3 is 15.8 Å². The van der Waals surface area contributed by atoms with Crippen LogP contribution in [0.3, 0.4) is 0 Å². The highest BCUT2D eigenvalue weighted by Crippen LogP contribution is 2.19. The van der Waals surface area contributed by atoms with Crippen LogP contribution in [0.25, 0.3) is 0 Å². The van der Waals surface area contributed by atoms with E-state index in [1.165, 1.54) is 0 Å². The Labute approximate surface area is 106 Å². The Balaban J connectivity index is 2.29. The Morgan fingerprint density at radius 3 is 2.71 bits per heavy atom. The van der Waals surface area contributed by atoms with Crippen LogP contribution >= 0.6 is 11.8 Å². The van der Waals surface area contributed by atoms with Crippen LogP contribution in [0.2, 0.25) is 0 Å². The second-order valence-electron chi connectivity index (χ2n) is 4.22. The van der Waals surface area contributed by atoms with Crippen molar-refractivity contribution in [3.8, 4) is 0 Å². The molecule has 0 bridgehead atoms. The molecule has 1 aliphatic heterocycles. The molecule has 1 amide bonds. The summed E-state index contributed by atoms with van der Waals surface area (Å²) >= 11 is 1.60. The van der Waals surface area contributed by atoms with Crippen LogP contribution in [0.4, 0.5) is 0 Å². The molecule has 1 fully saturated rings. The third-order valence-electron chi connectivity index (χ3n) is 2.92. The van der Waals surface area contributed by atoms with Crippen molar-refractivity contribution in [3.63, 3.8) is 0 Å². The summed E-state index contributed by atoms with van der Waals surface area (Å²) in [5.41, 5.74) is 5.47. The first kappa shape index (κ1) is 14.2. The van der Waals surface area contributed by atoms with Gasteiger partial charge in [0.2, 0.25) is 5.91 Å². The normalized spacial score (nSPS) is 18.4. The predicted octanol–water partition coefficient (Wildman–Crippen LogP) is 1.26. The highest BCUT2D eigenvalue weighted by molar-refractivity contribution is 8.00. The SMILES string of the molecule is CCC(CC(N)=NO)SCC(=O)N1CCCC1. The average molecular weight is 259 g/mol. The Morgan fingerprint density at radius 2 is 2.18 bits per heavy atom. The molecule has 1 rings (SSSR count). The molecule has 1 unspecified atom stereocenters. The molecule has 1 heterocycles. The molecular weight excluding hydrogens is 238 g/mol. The smallest absolute Gasteiger partial charge is 0.232 e. The minimum atomic E-state index is 0.213. The van der Waals surface area contributed by atoms with Crippen LogP contribution in [0.5, 0.6) is 0 Å². The van der Waals surface area contributed by atoms with E-state index < -0.39 is 0 Å². The Kier molecular flexibility index (Phi) is 6.18. The molecule has 98 valence electrons. The van der Waals surface area contributed by atoms with Crippen molar-refractivity contribution in [2.45, 2.75) is 37.9 Å². The van der Waals surface area contributed by atoms with E-state index in [1.807, 2.05) is 11.8 Å². The van der Waals surface area contributed by atoms with Gasteiger partial charge in [-0.15, -0.1) is 11.8 Å². The van der Waals surface area contributed by atoms with E-state index in [9.17, 15) is 4.79 Å². The van der Waals surface area contributed by atoms with Gasteiger partial charge in [-0.3, -0.25) is 4.79 Å². The number of amides is 1. The number of thioether (sulfide) groups is 1. The van der Waals surface area contributed by atoms with Crippen LogP contribution in [0.1, 0.15) is 32.6 Å². The van der Waals surface area contributed by atoms with Crippen molar-refractivity contribution < 1.29 is 10.0 Å². The van der Waals surface area contributed by atoms with Gasteiger partial charge in [-0.2, -0.15) is 0 Å². The van der Waals surface area contributed by atoms with E-state index in [0.29, 0.717) is 12.2 Å². The summed E-state index contributed by atoms with van der Waals surface area (Å²) in [6.07, 6.45) is 3.69. The van der Waals surface area contributed by atoms with E-state index >= 15 is 0 Å². The molecule has 0 aliphatic carbocycles. The number of nitrogens with two attached hydrogens (primary N) is 1. The van der Waals surface area contributed by atoms with Gasteiger partial charge in [-0.25, -0.2) is 0 Å². The van der Waals surface area contributed by atoms with Gasteiger partial charge >= 0.3 is 0 Å². The number of hydrogen-bond donors (Lipinski definition) is 2. The van der Waals surface area contributed by atoms with Gasteiger partial charge in [-0.1, -0.05) is 12.1 Å². The molecule has 0 spiro atoms. The van der Waals surface area contributed by atoms with Crippen molar-refractivity contribution in [3.05, 3.63) is 0 Å². The quantitative estimate of drug-likeness (QED) is 0.326. The zero-order valence-electron chi connectivity index (χ0n) is 10.3. The molecule has 1 atom stereocenters. The zero-order valence-corrected chi connectivity index (χ0v) is 11.1. The molecular formula is C11H21N3O2S. The van der Waals surface area contributed by atoms with Gasteiger partial charge in [0.15, 0.2) is 0 Å². The van der Waals surface area contributed by atoms with Crippen LogP contribution in [0.15, 0.2) is 5.16 Å². The molecule has 1 saturated heterocycles. The Bertz CT molecular complexity index is 278. The van der Waals surface area contributed by atoms with Gasteiger partial charge in [-0.05, 0) is 19.3 Å². The molecule has 3 N–H and O–H groups in total. The minimum absolute atomic E-state index is 0.213. The first-order valence-electron chi connectivity index (χ1n) is 6.03. The van der Waals surface area contributed by atoms with Gasteiger partial charge in [0.1, 0.15) is 5.84 Å². The molecule has 0 aromatic heterocycles. The van der Waals surface area contributed by atoms with E-state index in [4.69, 9.17) is 10.9 Å². The first-order valence-corrected chi connectivity index (χ1v) is 7.08. The number of carbonyl (C=O) groups excluding carboxylic acids is 1. The lowest BCUT2D eigenvalue weighted by Crippen LogP contribution is -2.30. The number of rotatable bonds is 6. The monoisotopic (exact) mass is 259 g/mol. The summed E-state index contributed by atoms with van der Waals surface area (Å²) in [5, 5.41) is 11.7. The van der Waals surface area contributed by atoms with Gasteiger partial charge in [0.05, 0.1) is 5.75 Å². The van der Waals surface area contributed by atoms with Crippen LogP contribution < -0.4 is 5.73 Å². The Hall–Kier alpha value is -0.910. The third kappa shape index (κ3) is 4.85. The highest BCUT2D eigenvalue weighted by Gasteiger charge is 2.19. The maximum atomic E-state index is 11.8. The molecule has 17 heavy (non-hydrogen) atoms. The summed E-state index contributed by atoms with van der Waals surface area (Å²) < 4.78 is 0. The summed E-state index contributed by atoms with van der Waals surface area (Å²) in [7, 11) is 0. The molecule has 5 nitrogen and oxygen atoms in total. The number of oxime groups is 1. The van der Waals surface area contributed by atoms with Crippen LogP contribution in [-0.4, -0.2) is 45.9 Å². The fraction of sp³-hybridized carbons (Fsp3) is 0.818. The summed E-state index contributed by atoms with van der Waals surface area (Å²) in [6.45, 7) is 3.84. The molecule has 0 aromatic rings. The van der Waals surface area contributed by atoms with Gasteiger partial charge in [0, 0.05) is 24.8 Å². The van der Waals surface area contributed by atoms with Crippen molar-refractivity contribution in [2.75, 3.05) is 18.8 Å². The fourth-order valence-corrected chi connectivity index (χ4v) is 2.93. The maximum Gasteiger partial charge on any atom is 0.232 e. The van der Waals surface area contributed by atoms with Crippen molar-refractivity contribution >= 4 is 23.5 Å². The summed E-state index contributed by atoms with van der Waals surface area (Å²) in [6, 6.07) is 0. The van der Waals surface area contributed by atoms with E-state index in [0.717, 1.165) is 32.4 Å². The number of nitrogens with zero attached hydrogens (tertiary/aromatic N) is 2. The number of carbonyl (C=O) groups is 1. The lowest BCUT2D eigenvalue weighted by atomic mass is 10.2. The lowest BCUT2D eigenvalue weighted by Gasteiger charge is -2.17. The second-order valence-corrected chi connectivity index (χ2v) is 5.51. The summed E-state index contributed by atoms with van der Waals surface area (Å²) in [4.78, 5) is 13.7. The number of hydrogen-bond acceptors (Lipinski definition) is 4. The van der Waals surface area contributed by atoms with E-state index in [1.54, 1.807) is 11.8 Å². The van der Waals surface area contributed by atoms with Crippen molar-refractivity contribution in [1.29, 1.82) is 0 Å². The zero-order chi connectivity index (χ0) is 12.7. The van der Waals surface area contributed by atoms with Crippen molar-refractivity contribution in [1.82, 2.24) is 4.90 Å². The number of likely N-dealkylation sites (tertiary alicyclic amines) is 1. The first-order chi connectivity index (χ1) is 8.17. The molecule has 0 radical (unpaired) electrons. The average Bonchev–Trinajstić information content (AvgIpc) is 2.87. The maximum absolute atomic E-state index is 11.8. The van der Waals surface area contributed by atoms with Crippen LogP contribution in [-0.2, 0) is 4.79 Å². The second kappa shape index (κ2) is 7.42. The third-order valence-corrected chi connectivity index (χ3v) is 4.31. The van der Waals surface area contributed by atoms with Gasteiger partial charge in [0.25, 0.3) is 0 Å². The summed E-state index contributed by atoms with van der Waals surface area (Å²) in [5.74, 6) is 0.945. The van der Waals surface area contributed by atoms with E-state index in [-0.39, 0.29) is 17.0 Å². The topological polar surface area (TPSA) is 78.9 Å². The molecule has 6 heteroatoms. The standard InChI is InChI=1S/C11H21N3O2S/c1-2-9(7-10(12)13-16)17-8-11(15)14-5-3-4-6-14/h9,16H,2-8H2,1H3,(H2,12,13). The molecule has 0 saturated carbocycles. The lowest BCUT2D eigenvalue weighted by molar-refractivity contribution is -0.127. The largest absolute Gasteiger partial charge is 0.409 e. The minimum Gasteiger partial charge on any atom is -0.409 e. The van der Waals surface area contributed by atoms with Crippen molar-refractivity contribution in [2.24, 2.45) is 10.9 Å². The predicted molar refractivity (Wildman–Crippen MR) is 70.4 cm³/mol. The molecule has 1 aliphatic rings. The molecule has 0 aromatic carbocycles. The Morgan fingerprint density at radius 1 is 1.53 bits per heavy atom. The van der Waals surface area contributed by atoms with E-state index in [2.05, 4.69) is 5.16 Å². The highest BCUT2D eigenvalue weighted by atomic mass is 32.2.